The second-order valence-corrected chi connectivity index (χ2v) is 6.09. The first kappa shape index (κ1) is 14.7. The fraction of sp³-hybridized carbons (Fsp3) is 0.615. The third kappa shape index (κ3) is 3.05. The minimum absolute atomic E-state index is 0.137. The molecule has 1 amide bonds. The molecule has 20 heavy (non-hydrogen) atoms. The van der Waals surface area contributed by atoms with Gasteiger partial charge in [0.1, 0.15) is 17.5 Å². The van der Waals surface area contributed by atoms with E-state index in [4.69, 9.17) is 10.5 Å². The van der Waals surface area contributed by atoms with Gasteiger partial charge in [-0.3, -0.25) is 0 Å². The van der Waals surface area contributed by atoms with Crippen LogP contribution in [0.25, 0.3) is 0 Å². The van der Waals surface area contributed by atoms with E-state index in [1.807, 2.05) is 0 Å². The molecule has 1 fully saturated rings. The van der Waals surface area contributed by atoms with Crippen LogP contribution in [0.2, 0.25) is 0 Å². The zero-order chi connectivity index (χ0) is 15.0. The van der Waals surface area contributed by atoms with Crippen molar-refractivity contribution >= 4 is 6.09 Å². The molecule has 1 aliphatic rings. The normalized spacial score (nSPS) is 19.1. The highest BCUT2D eigenvalue weighted by atomic mass is 16.6. The number of β-amino-alcohol motifs (C(OH)–C–C–N with tert-alkyl or cyclic N) is 1. The fourth-order valence-electron chi connectivity index (χ4n) is 2.05. The Kier molecular flexibility index (Phi) is 3.66. The third-order valence-electron chi connectivity index (χ3n) is 3.10. The summed E-state index contributed by atoms with van der Waals surface area (Å²) >= 11 is 0. The molecule has 2 heterocycles. The van der Waals surface area contributed by atoms with Crippen LogP contribution in [0.1, 0.15) is 32.4 Å². The van der Waals surface area contributed by atoms with Crippen molar-refractivity contribution in [3.63, 3.8) is 0 Å². The number of nitrogens with two attached hydrogens (primary N) is 1. The second kappa shape index (κ2) is 4.99. The first-order valence-corrected chi connectivity index (χ1v) is 6.42. The van der Waals surface area contributed by atoms with Crippen molar-refractivity contribution in [3.8, 4) is 0 Å². The molecule has 1 saturated heterocycles. The molecule has 3 N–H and O–H groups in total. The third-order valence-corrected chi connectivity index (χ3v) is 3.10. The van der Waals surface area contributed by atoms with Crippen molar-refractivity contribution in [3.05, 3.63) is 24.3 Å². The highest BCUT2D eigenvalue weighted by molar-refractivity contribution is 5.69. The van der Waals surface area contributed by atoms with Crippen LogP contribution in [-0.2, 0) is 4.74 Å². The Morgan fingerprint density at radius 3 is 2.50 bits per heavy atom. The predicted molar refractivity (Wildman–Crippen MR) is 71.7 cm³/mol. The molecule has 7 heteroatoms. The molecule has 1 atom stereocenters. The van der Waals surface area contributed by atoms with Gasteiger partial charge in [0.25, 0.3) is 0 Å². The lowest BCUT2D eigenvalue weighted by Crippen LogP contribution is -2.68. The van der Waals surface area contributed by atoms with Crippen LogP contribution in [0.5, 0.6) is 0 Å². The molecular weight excluding hydrogens is 260 g/mol. The van der Waals surface area contributed by atoms with E-state index >= 15 is 0 Å². The van der Waals surface area contributed by atoms with Crippen LogP contribution in [0.4, 0.5) is 4.79 Å². The van der Waals surface area contributed by atoms with Gasteiger partial charge in [0.15, 0.2) is 0 Å². The van der Waals surface area contributed by atoms with Gasteiger partial charge in [0.2, 0.25) is 0 Å². The van der Waals surface area contributed by atoms with Gasteiger partial charge >= 0.3 is 6.09 Å². The molecule has 1 aromatic rings. The number of aromatic nitrogens is 2. The summed E-state index contributed by atoms with van der Waals surface area (Å²) in [6, 6.07) is -0.637. The Labute approximate surface area is 117 Å². The quantitative estimate of drug-likeness (QED) is 0.816. The van der Waals surface area contributed by atoms with Gasteiger partial charge in [0, 0.05) is 18.0 Å². The van der Waals surface area contributed by atoms with Crippen LogP contribution >= 0.6 is 0 Å². The van der Waals surface area contributed by atoms with E-state index in [9.17, 15) is 9.90 Å². The van der Waals surface area contributed by atoms with Gasteiger partial charge in [-0.2, -0.15) is 0 Å². The maximum Gasteiger partial charge on any atom is 0.410 e. The van der Waals surface area contributed by atoms with Crippen molar-refractivity contribution in [2.45, 2.75) is 38.0 Å². The molecule has 0 aromatic carbocycles. The molecule has 2 rings (SSSR count). The first-order chi connectivity index (χ1) is 9.21. The van der Waals surface area contributed by atoms with E-state index in [1.165, 1.54) is 11.2 Å². The lowest BCUT2D eigenvalue weighted by Gasteiger charge is -2.49. The number of carbonyl (C=O) groups excluding carboxylic acids is 1. The average molecular weight is 280 g/mol. The van der Waals surface area contributed by atoms with Gasteiger partial charge in [-0.25, -0.2) is 14.8 Å². The minimum Gasteiger partial charge on any atom is -0.444 e. The molecule has 0 spiro atoms. The van der Waals surface area contributed by atoms with Crippen LogP contribution < -0.4 is 5.73 Å². The maximum atomic E-state index is 11.8. The lowest BCUT2D eigenvalue weighted by atomic mass is 9.84. The predicted octanol–water partition coefficient (Wildman–Crippen LogP) is 0.458. The van der Waals surface area contributed by atoms with Gasteiger partial charge in [-0.05, 0) is 20.8 Å². The zero-order valence-corrected chi connectivity index (χ0v) is 11.9. The molecular formula is C13H20N4O3. The summed E-state index contributed by atoms with van der Waals surface area (Å²) in [6.07, 6.45) is 4.07. The van der Waals surface area contributed by atoms with E-state index in [-0.39, 0.29) is 13.1 Å². The van der Waals surface area contributed by atoms with E-state index in [0.29, 0.717) is 5.56 Å². The van der Waals surface area contributed by atoms with Crippen molar-refractivity contribution in [2.75, 3.05) is 13.1 Å². The number of carbonyl (C=O) groups is 1. The molecule has 1 unspecified atom stereocenters. The van der Waals surface area contributed by atoms with Gasteiger partial charge < -0.3 is 20.5 Å². The van der Waals surface area contributed by atoms with Gasteiger partial charge in [-0.15, -0.1) is 0 Å². The number of rotatable bonds is 2. The molecule has 1 aliphatic heterocycles. The highest BCUT2D eigenvalue weighted by Gasteiger charge is 2.49. The van der Waals surface area contributed by atoms with Crippen molar-refractivity contribution in [1.29, 1.82) is 0 Å². The number of nitrogens with zero attached hydrogens (tertiary/aromatic N) is 3. The topological polar surface area (TPSA) is 102 Å². The van der Waals surface area contributed by atoms with Crippen LogP contribution in [0, 0.1) is 0 Å². The number of aliphatic hydroxyl groups is 1. The van der Waals surface area contributed by atoms with Crippen molar-refractivity contribution in [2.24, 2.45) is 5.73 Å². The number of amides is 1. The summed E-state index contributed by atoms with van der Waals surface area (Å²) in [5, 5.41) is 10.4. The van der Waals surface area contributed by atoms with Crippen LogP contribution in [0.15, 0.2) is 18.7 Å². The Bertz CT molecular complexity index is 480. The Morgan fingerprint density at radius 1 is 1.45 bits per heavy atom. The Morgan fingerprint density at radius 2 is 2.00 bits per heavy atom. The molecule has 1 aromatic heterocycles. The SMILES string of the molecule is CC(C)(C)OC(=O)N1CC(O)(C(N)c2cncnc2)C1. The zero-order valence-electron chi connectivity index (χ0n) is 11.9. The molecule has 0 bridgehead atoms. The number of hydrogen-bond acceptors (Lipinski definition) is 6. The molecule has 0 aliphatic carbocycles. The van der Waals surface area contributed by atoms with Gasteiger partial charge in [-0.1, -0.05) is 0 Å². The number of ether oxygens (including phenoxy) is 1. The second-order valence-electron chi connectivity index (χ2n) is 6.09. The molecule has 0 radical (unpaired) electrons. The molecule has 0 saturated carbocycles. The van der Waals surface area contributed by atoms with Crippen molar-refractivity contribution < 1.29 is 14.6 Å². The summed E-state index contributed by atoms with van der Waals surface area (Å²) in [5.74, 6) is 0. The van der Waals surface area contributed by atoms with Crippen LogP contribution in [-0.4, -0.2) is 50.4 Å². The van der Waals surface area contributed by atoms with E-state index < -0.39 is 23.3 Å². The van der Waals surface area contributed by atoms with Crippen molar-refractivity contribution in [1.82, 2.24) is 14.9 Å². The van der Waals surface area contributed by atoms with Gasteiger partial charge in [0.05, 0.1) is 19.1 Å². The Hall–Kier alpha value is -1.73. The highest BCUT2D eigenvalue weighted by Crippen LogP contribution is 2.32. The van der Waals surface area contributed by atoms with E-state index in [1.54, 1.807) is 33.2 Å². The number of hydrogen-bond donors (Lipinski definition) is 2. The van der Waals surface area contributed by atoms with E-state index in [0.717, 1.165) is 0 Å². The smallest absolute Gasteiger partial charge is 0.410 e. The first-order valence-electron chi connectivity index (χ1n) is 6.42. The summed E-state index contributed by atoms with van der Waals surface area (Å²) in [7, 11) is 0. The summed E-state index contributed by atoms with van der Waals surface area (Å²) in [4.78, 5) is 21.0. The average Bonchev–Trinajstić information content (AvgIpc) is 2.33. The monoisotopic (exact) mass is 280 g/mol. The summed E-state index contributed by atoms with van der Waals surface area (Å²) in [6.45, 7) is 5.66. The summed E-state index contributed by atoms with van der Waals surface area (Å²) in [5.41, 5.74) is 4.93. The van der Waals surface area contributed by atoms with Crippen LogP contribution in [0.3, 0.4) is 0 Å². The van der Waals surface area contributed by atoms with E-state index in [2.05, 4.69) is 9.97 Å². The standard InChI is InChI=1S/C13H20N4O3/c1-12(2,3)20-11(18)17-6-13(19,7-17)10(14)9-4-15-8-16-5-9/h4-5,8,10,19H,6-7,14H2,1-3H3. The molecule has 110 valence electrons. The number of likely N-dealkylation sites (tertiary alicyclic amines) is 1. The molecule has 7 nitrogen and oxygen atoms in total. The minimum atomic E-state index is -1.17. The summed E-state index contributed by atoms with van der Waals surface area (Å²) < 4.78 is 5.23. The largest absolute Gasteiger partial charge is 0.444 e. The Balaban J connectivity index is 1.96. The maximum absolute atomic E-state index is 11.8. The fourth-order valence-corrected chi connectivity index (χ4v) is 2.05. The lowest BCUT2D eigenvalue weighted by molar-refractivity contribution is -0.113.